The maximum Gasteiger partial charge on any atom is 0.326 e. The number of nitrogens with zero attached hydrogens (tertiary/aromatic N) is 3. The molecule has 3 rings (SSSR count). The highest BCUT2D eigenvalue weighted by atomic mass is 32.1. The first-order valence-electron chi connectivity index (χ1n) is 9.44. The first kappa shape index (κ1) is 23.5. The van der Waals surface area contributed by atoms with Crippen LogP contribution in [0.25, 0.3) is 11.2 Å². The Morgan fingerprint density at radius 3 is 2.45 bits per heavy atom. The monoisotopic (exact) mass is 473 g/mol. The van der Waals surface area contributed by atoms with Crippen LogP contribution in [0.2, 0.25) is 0 Å². The van der Waals surface area contributed by atoms with Gasteiger partial charge >= 0.3 is 11.9 Å². The zero-order valence-electron chi connectivity index (χ0n) is 16.8. The lowest BCUT2D eigenvalue weighted by Gasteiger charge is -2.16. The number of hydrogen-bond donors (Lipinski definition) is 7. The summed E-state index contributed by atoms with van der Waals surface area (Å²) >= 11 is 3.81. The Hall–Kier alpha value is -4.20. The number of aliphatic carboxylic acids is 2. The quantitative estimate of drug-likeness (QED) is 0.203. The summed E-state index contributed by atoms with van der Waals surface area (Å²) in [4.78, 5) is 61.0. The number of rotatable bonds is 9. The molecule has 2 aromatic heterocycles. The minimum Gasteiger partial charge on any atom is -0.480 e. The first-order valence-corrected chi connectivity index (χ1v) is 9.95. The third-order valence-corrected chi connectivity index (χ3v) is 4.89. The number of nitrogens with one attached hydrogen (secondary N) is 3. The van der Waals surface area contributed by atoms with E-state index in [9.17, 15) is 24.3 Å². The van der Waals surface area contributed by atoms with Gasteiger partial charge in [-0.25, -0.2) is 14.8 Å². The van der Waals surface area contributed by atoms with E-state index in [2.05, 4.69) is 43.2 Å². The van der Waals surface area contributed by atoms with Crippen molar-refractivity contribution in [2.24, 2.45) is 0 Å². The van der Waals surface area contributed by atoms with Gasteiger partial charge in [0.15, 0.2) is 11.2 Å². The van der Waals surface area contributed by atoms with Crippen molar-refractivity contribution in [1.82, 2.24) is 25.3 Å². The normalized spacial score (nSPS) is 12.6. The van der Waals surface area contributed by atoms with Crippen LogP contribution in [0.1, 0.15) is 22.5 Å². The average molecular weight is 473 g/mol. The topological polar surface area (TPSA) is 213 Å². The molecule has 33 heavy (non-hydrogen) atoms. The van der Waals surface area contributed by atoms with E-state index >= 15 is 0 Å². The first-order chi connectivity index (χ1) is 15.6. The van der Waals surface area contributed by atoms with Crippen molar-refractivity contribution in [3.05, 3.63) is 52.1 Å². The average Bonchev–Trinajstić information content (AvgIpc) is 2.77. The number of carboxylic acids is 2. The van der Waals surface area contributed by atoms with Crippen LogP contribution in [0.15, 0.2) is 35.3 Å². The number of nitrogens with two attached hydrogens (primary N) is 1. The molecule has 0 saturated carbocycles. The molecule has 0 aliphatic heterocycles. The molecule has 1 unspecified atom stereocenters. The van der Waals surface area contributed by atoms with E-state index in [1.54, 1.807) is 12.1 Å². The Morgan fingerprint density at radius 2 is 1.82 bits per heavy atom. The fraction of sp³-hybridized carbons (Fsp3) is 0.211. The summed E-state index contributed by atoms with van der Waals surface area (Å²) in [6.07, 6.45) is 1.07. The van der Waals surface area contributed by atoms with Crippen LogP contribution in [0, 0.1) is 0 Å². The predicted molar refractivity (Wildman–Crippen MR) is 120 cm³/mol. The maximum atomic E-state index is 12.3. The van der Waals surface area contributed by atoms with Crippen LogP contribution in [-0.4, -0.2) is 59.3 Å². The number of fused-ring (bicyclic) bond motifs is 1. The van der Waals surface area contributed by atoms with Gasteiger partial charge in [-0.3, -0.25) is 19.4 Å². The molecule has 172 valence electrons. The molecule has 0 aliphatic rings. The summed E-state index contributed by atoms with van der Waals surface area (Å²) in [5.74, 6) is -3.38. The van der Waals surface area contributed by atoms with Gasteiger partial charge in [-0.15, -0.1) is 0 Å². The van der Waals surface area contributed by atoms with Gasteiger partial charge in [0.05, 0.1) is 18.4 Å². The smallest absolute Gasteiger partial charge is 0.326 e. The lowest BCUT2D eigenvalue weighted by atomic mass is 10.1. The zero-order chi connectivity index (χ0) is 24.1. The van der Waals surface area contributed by atoms with E-state index < -0.39 is 34.7 Å². The summed E-state index contributed by atoms with van der Waals surface area (Å²) in [6, 6.07) is 4.71. The second-order valence-corrected chi connectivity index (χ2v) is 7.49. The molecule has 14 heteroatoms. The zero-order valence-corrected chi connectivity index (χ0v) is 17.7. The lowest BCUT2D eigenvalue weighted by Crippen LogP contribution is -2.43. The summed E-state index contributed by atoms with van der Waals surface area (Å²) in [6.45, 7) is 0.220. The molecule has 0 spiro atoms. The number of anilines is 2. The Morgan fingerprint density at radius 1 is 1.12 bits per heavy atom. The highest BCUT2D eigenvalue weighted by Gasteiger charge is 2.26. The molecule has 0 aliphatic carbocycles. The number of amides is 1. The molecular weight excluding hydrogens is 454 g/mol. The summed E-state index contributed by atoms with van der Waals surface area (Å²) in [7, 11) is 0. The lowest BCUT2D eigenvalue weighted by molar-refractivity contribution is -0.140. The van der Waals surface area contributed by atoms with Crippen molar-refractivity contribution in [3.63, 3.8) is 0 Å². The SMILES string of the molecule is Nc1nc2ncc(CNc3ccc(C(=O)N[C@@H](CC(S)C(=O)O)C(=O)O)cc3)nc2c(=O)[nH]1. The van der Waals surface area contributed by atoms with E-state index in [0.717, 1.165) is 0 Å². The number of carboxylic acid groups (broad SMARTS) is 2. The second-order valence-electron chi connectivity index (χ2n) is 6.87. The van der Waals surface area contributed by atoms with E-state index in [-0.39, 0.29) is 35.6 Å². The third kappa shape index (κ3) is 5.94. The minimum absolute atomic E-state index is 0.0508. The third-order valence-electron chi connectivity index (χ3n) is 4.45. The molecule has 13 nitrogen and oxygen atoms in total. The van der Waals surface area contributed by atoms with Gasteiger partial charge in [0, 0.05) is 17.7 Å². The molecule has 0 saturated heterocycles. The van der Waals surface area contributed by atoms with Crippen molar-refractivity contribution >= 4 is 53.3 Å². The van der Waals surface area contributed by atoms with Crippen molar-refractivity contribution in [1.29, 1.82) is 0 Å². The molecule has 0 bridgehead atoms. The maximum absolute atomic E-state index is 12.3. The Bertz CT molecular complexity index is 1260. The second kappa shape index (κ2) is 9.95. The number of hydrogen-bond acceptors (Lipinski definition) is 10. The number of aromatic amines is 1. The standard InChI is InChI=1S/C19H19N7O6S/c20-19-25-14-13(16(28)26-19)23-10(7-22-14)6-21-9-3-1-8(2-4-9)15(27)24-11(17(29)30)5-12(33)18(31)32/h1-4,7,11-12,21,33H,5-6H2,(H,24,27)(H,29,30)(H,31,32)(H3,20,22,25,26,28)/t11-,12?/m0/s1. The van der Waals surface area contributed by atoms with Crippen LogP contribution >= 0.6 is 12.6 Å². The van der Waals surface area contributed by atoms with E-state index in [1.165, 1.54) is 18.3 Å². The number of H-pyrrole nitrogens is 1. The summed E-state index contributed by atoms with van der Waals surface area (Å²) in [5.41, 5.74) is 6.41. The molecule has 2 heterocycles. The van der Waals surface area contributed by atoms with Crippen LogP contribution in [0.3, 0.4) is 0 Å². The molecule has 7 N–H and O–H groups in total. The fourth-order valence-corrected chi connectivity index (χ4v) is 2.99. The fourth-order valence-electron chi connectivity index (χ4n) is 2.78. The number of carbonyl (C=O) groups excluding carboxylic acids is 1. The van der Waals surface area contributed by atoms with Gasteiger partial charge in [-0.1, -0.05) is 0 Å². The van der Waals surface area contributed by atoms with Crippen LogP contribution in [0.4, 0.5) is 11.6 Å². The van der Waals surface area contributed by atoms with Gasteiger partial charge in [0.25, 0.3) is 11.5 Å². The largest absolute Gasteiger partial charge is 0.480 e. The molecule has 1 aromatic carbocycles. The number of benzene rings is 1. The number of nitrogen functional groups attached to an aromatic ring is 1. The van der Waals surface area contributed by atoms with Gasteiger partial charge in [-0.05, 0) is 24.3 Å². The van der Waals surface area contributed by atoms with Crippen LogP contribution in [-0.2, 0) is 16.1 Å². The highest BCUT2D eigenvalue weighted by Crippen LogP contribution is 2.13. The van der Waals surface area contributed by atoms with Gasteiger partial charge < -0.3 is 26.6 Å². The minimum atomic E-state index is -1.41. The number of thiol groups is 1. The summed E-state index contributed by atoms with van der Waals surface area (Å²) in [5, 5.41) is 22.2. The molecule has 0 fully saturated rings. The number of aromatic nitrogens is 4. The van der Waals surface area contributed by atoms with Gasteiger partial charge in [0.2, 0.25) is 5.95 Å². The highest BCUT2D eigenvalue weighted by molar-refractivity contribution is 7.81. The Balaban J connectivity index is 1.63. The molecule has 2 atom stereocenters. The van der Waals surface area contributed by atoms with Crippen LogP contribution in [0.5, 0.6) is 0 Å². The molecule has 1 amide bonds. The molecular formula is C19H19N7O6S. The summed E-state index contributed by atoms with van der Waals surface area (Å²) < 4.78 is 0. The van der Waals surface area contributed by atoms with Crippen molar-refractivity contribution in [2.75, 3.05) is 11.1 Å². The Labute approximate surface area is 190 Å². The van der Waals surface area contributed by atoms with E-state index in [4.69, 9.17) is 10.8 Å². The van der Waals surface area contributed by atoms with Crippen molar-refractivity contribution in [2.45, 2.75) is 24.3 Å². The van der Waals surface area contributed by atoms with Gasteiger partial charge in [0.1, 0.15) is 11.3 Å². The number of carbonyl (C=O) groups is 3. The Kier molecular flexibility index (Phi) is 7.07. The predicted octanol–water partition coefficient (Wildman–Crippen LogP) is -0.136. The van der Waals surface area contributed by atoms with Gasteiger partial charge in [-0.2, -0.15) is 17.6 Å². The van der Waals surface area contributed by atoms with Crippen LogP contribution < -0.4 is 21.9 Å². The van der Waals surface area contributed by atoms with Crippen molar-refractivity contribution < 1.29 is 24.6 Å². The molecule has 3 aromatic rings. The van der Waals surface area contributed by atoms with Crippen molar-refractivity contribution in [3.8, 4) is 0 Å². The molecule has 0 radical (unpaired) electrons. The van der Waals surface area contributed by atoms with E-state index in [0.29, 0.717) is 11.4 Å². The van der Waals surface area contributed by atoms with E-state index in [1.807, 2.05) is 0 Å².